The molecule has 0 saturated carbocycles. The van der Waals surface area contributed by atoms with E-state index in [1.807, 2.05) is 0 Å². The van der Waals surface area contributed by atoms with Crippen molar-refractivity contribution in [3.8, 4) is 5.88 Å². The van der Waals surface area contributed by atoms with Gasteiger partial charge in [0, 0.05) is 10.4 Å². The Morgan fingerprint density at radius 3 is 2.79 bits per heavy atom. The first-order chi connectivity index (χ1) is 13.9. The van der Waals surface area contributed by atoms with Crippen LogP contribution in [0.5, 0.6) is 5.88 Å². The number of aromatic nitrogens is 3. The molecule has 4 aromatic rings. The van der Waals surface area contributed by atoms with Crippen LogP contribution in [-0.4, -0.2) is 33.0 Å². The first kappa shape index (κ1) is 18.7. The molecule has 0 aliphatic carbocycles. The number of esters is 1. The fourth-order valence-corrected chi connectivity index (χ4v) is 3.34. The maximum Gasteiger partial charge on any atom is 0.337 e. The van der Waals surface area contributed by atoms with Crippen LogP contribution in [0.25, 0.3) is 21.8 Å². The van der Waals surface area contributed by atoms with Gasteiger partial charge in [0.1, 0.15) is 10.9 Å². The van der Waals surface area contributed by atoms with Crippen molar-refractivity contribution in [2.75, 3.05) is 7.11 Å². The van der Waals surface area contributed by atoms with Gasteiger partial charge >= 0.3 is 5.97 Å². The minimum Gasteiger partial charge on any atom is -0.491 e. The first-order valence-electron chi connectivity index (χ1n) is 8.51. The Morgan fingerprint density at radius 1 is 1.24 bits per heavy atom. The number of rotatable bonds is 3. The summed E-state index contributed by atoms with van der Waals surface area (Å²) < 4.78 is 5.67. The van der Waals surface area contributed by atoms with Gasteiger partial charge in [-0.05, 0) is 35.9 Å². The van der Waals surface area contributed by atoms with E-state index in [9.17, 15) is 19.5 Å². The summed E-state index contributed by atoms with van der Waals surface area (Å²) in [6.45, 7) is -0.0503. The second-order valence-corrected chi connectivity index (χ2v) is 6.81. The predicted octanol–water partition coefficient (Wildman–Crippen LogP) is 2.43. The summed E-state index contributed by atoms with van der Waals surface area (Å²) in [5.41, 5.74) is 0.00272. The van der Waals surface area contributed by atoms with Crippen LogP contribution in [0.3, 0.4) is 0 Å². The maximum absolute atomic E-state index is 12.9. The third kappa shape index (κ3) is 3.23. The lowest BCUT2D eigenvalue weighted by Gasteiger charge is -2.10. The number of ether oxygens (including phenoxy) is 1. The largest absolute Gasteiger partial charge is 0.491 e. The molecule has 0 bridgehead atoms. The predicted molar refractivity (Wildman–Crippen MR) is 108 cm³/mol. The molecule has 0 saturated heterocycles. The minimum absolute atomic E-state index is 0.0503. The lowest BCUT2D eigenvalue weighted by molar-refractivity contribution is 0.0600. The molecule has 29 heavy (non-hydrogen) atoms. The van der Waals surface area contributed by atoms with E-state index >= 15 is 0 Å². The highest BCUT2D eigenvalue weighted by atomic mass is 35.5. The van der Waals surface area contributed by atoms with Crippen molar-refractivity contribution in [2.45, 2.75) is 6.54 Å². The molecule has 2 aromatic heterocycles. The highest BCUT2D eigenvalue weighted by Gasteiger charge is 2.17. The molecule has 0 fully saturated rings. The molecule has 2 N–H and O–H groups in total. The fraction of sp³-hybridized carbons (Fsp3) is 0.100. The quantitative estimate of drug-likeness (QED) is 0.395. The van der Waals surface area contributed by atoms with Gasteiger partial charge in [0.25, 0.3) is 11.4 Å². The van der Waals surface area contributed by atoms with Gasteiger partial charge in [0.2, 0.25) is 5.43 Å². The number of aromatic hydroxyl groups is 1. The number of carbonyl (C=O) groups is 1. The monoisotopic (exact) mass is 411 g/mol. The molecule has 4 rings (SSSR count). The van der Waals surface area contributed by atoms with Crippen LogP contribution in [-0.2, 0) is 11.3 Å². The normalized spacial score (nSPS) is 11.1. The summed E-state index contributed by atoms with van der Waals surface area (Å²) >= 11 is 5.96. The van der Waals surface area contributed by atoms with Crippen LogP contribution in [0, 0.1) is 0 Å². The Kier molecular flexibility index (Phi) is 4.56. The van der Waals surface area contributed by atoms with Gasteiger partial charge in [-0.3, -0.25) is 9.59 Å². The number of benzene rings is 2. The van der Waals surface area contributed by atoms with Gasteiger partial charge < -0.3 is 14.8 Å². The van der Waals surface area contributed by atoms with Crippen molar-refractivity contribution >= 4 is 39.4 Å². The van der Waals surface area contributed by atoms with E-state index in [1.54, 1.807) is 30.3 Å². The van der Waals surface area contributed by atoms with Crippen LogP contribution >= 0.6 is 11.6 Å². The Bertz CT molecular complexity index is 1410. The average molecular weight is 412 g/mol. The van der Waals surface area contributed by atoms with Crippen molar-refractivity contribution in [2.24, 2.45) is 0 Å². The molecule has 2 heterocycles. The zero-order valence-corrected chi connectivity index (χ0v) is 15.9. The van der Waals surface area contributed by atoms with E-state index in [4.69, 9.17) is 11.6 Å². The van der Waals surface area contributed by atoms with Crippen molar-refractivity contribution < 1.29 is 14.6 Å². The van der Waals surface area contributed by atoms with Crippen LogP contribution in [0.1, 0.15) is 15.9 Å². The first-order valence-corrected chi connectivity index (χ1v) is 8.89. The zero-order chi connectivity index (χ0) is 20.7. The molecule has 0 spiro atoms. The second-order valence-electron chi connectivity index (χ2n) is 6.37. The van der Waals surface area contributed by atoms with Crippen molar-refractivity contribution in [1.29, 1.82) is 0 Å². The van der Waals surface area contributed by atoms with Crippen LogP contribution < -0.4 is 11.0 Å². The Labute approximate surface area is 167 Å². The lowest BCUT2D eigenvalue weighted by atomic mass is 10.1. The smallest absolute Gasteiger partial charge is 0.337 e. The summed E-state index contributed by atoms with van der Waals surface area (Å²) in [6.07, 6.45) is 0. The molecule has 0 atom stereocenters. The van der Waals surface area contributed by atoms with Gasteiger partial charge in [-0.15, -0.1) is 5.10 Å². The van der Waals surface area contributed by atoms with Crippen LogP contribution in [0.4, 0.5) is 0 Å². The Hall–Kier alpha value is -3.65. The molecule has 8 nitrogen and oxygen atoms in total. The van der Waals surface area contributed by atoms with Gasteiger partial charge in [-0.25, -0.2) is 9.48 Å². The number of methoxy groups -OCH3 is 1. The molecular formula is C20H14ClN3O5. The third-order valence-electron chi connectivity index (χ3n) is 4.53. The Morgan fingerprint density at radius 2 is 2.03 bits per heavy atom. The van der Waals surface area contributed by atoms with Crippen molar-refractivity contribution in [3.05, 3.63) is 79.2 Å². The van der Waals surface area contributed by atoms with E-state index in [0.29, 0.717) is 21.7 Å². The number of hydrogen-bond acceptors (Lipinski definition) is 6. The average Bonchev–Trinajstić information content (AvgIpc) is 2.71. The summed E-state index contributed by atoms with van der Waals surface area (Å²) in [6, 6.07) is 11.0. The van der Waals surface area contributed by atoms with Crippen molar-refractivity contribution in [1.82, 2.24) is 14.8 Å². The van der Waals surface area contributed by atoms with Gasteiger partial charge in [0.15, 0.2) is 0 Å². The molecule has 0 aliphatic heterocycles. The van der Waals surface area contributed by atoms with Gasteiger partial charge in [-0.1, -0.05) is 23.7 Å². The number of fused-ring (bicyclic) bond motifs is 2. The third-order valence-corrected chi connectivity index (χ3v) is 4.77. The van der Waals surface area contributed by atoms with E-state index in [-0.39, 0.29) is 22.8 Å². The molecule has 0 radical (unpaired) electrons. The highest BCUT2D eigenvalue weighted by Crippen LogP contribution is 2.21. The van der Waals surface area contributed by atoms with E-state index in [0.717, 1.165) is 4.68 Å². The molecule has 0 amide bonds. The highest BCUT2D eigenvalue weighted by molar-refractivity contribution is 6.31. The topological polar surface area (TPSA) is 114 Å². The SMILES string of the molecule is COC(=O)c1cccc(Cn2nc(O)c3[nH]c4cc(Cl)ccc4c(=O)c3c2=O)c1. The zero-order valence-electron chi connectivity index (χ0n) is 15.1. The summed E-state index contributed by atoms with van der Waals surface area (Å²) in [5, 5.41) is 14.7. The maximum atomic E-state index is 12.9. The van der Waals surface area contributed by atoms with Crippen LogP contribution in [0.15, 0.2) is 52.1 Å². The van der Waals surface area contributed by atoms with Crippen molar-refractivity contribution in [3.63, 3.8) is 0 Å². The van der Waals surface area contributed by atoms with Gasteiger partial charge in [-0.2, -0.15) is 0 Å². The van der Waals surface area contributed by atoms with Crippen LogP contribution in [0.2, 0.25) is 5.02 Å². The number of halogens is 1. The number of nitrogens with one attached hydrogen (secondary N) is 1. The number of nitrogens with zero attached hydrogens (tertiary/aromatic N) is 2. The number of pyridine rings is 1. The van der Waals surface area contributed by atoms with E-state index in [1.165, 1.54) is 19.2 Å². The molecule has 9 heteroatoms. The number of H-pyrrole nitrogens is 1. The van der Waals surface area contributed by atoms with E-state index < -0.39 is 22.8 Å². The summed E-state index contributed by atoms with van der Waals surface area (Å²) in [4.78, 5) is 40.4. The second kappa shape index (κ2) is 7.06. The van der Waals surface area contributed by atoms with E-state index in [2.05, 4.69) is 14.8 Å². The summed E-state index contributed by atoms with van der Waals surface area (Å²) in [5.74, 6) is -1.02. The molecular weight excluding hydrogens is 398 g/mol. The Balaban J connectivity index is 1.90. The standard InChI is InChI=1S/C20H14ClN3O5/c1-29-20(28)11-4-2-3-10(7-11)9-24-19(27)15-16(18(26)23-24)22-14-8-12(21)5-6-13(14)17(15)25/h2-8H,9H2,1H3,(H,22,25)(H,23,26). The fourth-order valence-electron chi connectivity index (χ4n) is 3.17. The summed E-state index contributed by atoms with van der Waals surface area (Å²) in [7, 11) is 1.27. The van der Waals surface area contributed by atoms with Gasteiger partial charge in [0.05, 0.1) is 24.7 Å². The number of hydrogen-bond donors (Lipinski definition) is 2. The molecule has 146 valence electrons. The lowest BCUT2D eigenvalue weighted by Crippen LogP contribution is -2.28. The molecule has 0 aliphatic rings. The number of aromatic amines is 1. The minimum atomic E-state index is -0.667. The molecule has 2 aromatic carbocycles. The number of carbonyl (C=O) groups excluding carboxylic acids is 1. The molecule has 0 unspecified atom stereocenters.